The summed E-state index contributed by atoms with van der Waals surface area (Å²) >= 11 is 0. The zero-order valence-corrected chi connectivity index (χ0v) is 17.2. The van der Waals surface area contributed by atoms with E-state index in [1.807, 2.05) is 41.2 Å². The summed E-state index contributed by atoms with van der Waals surface area (Å²) in [5.74, 6) is 0.527. The van der Waals surface area contributed by atoms with Crippen molar-refractivity contribution in [3.63, 3.8) is 0 Å². The third-order valence-electron chi connectivity index (χ3n) is 5.49. The average molecular weight is 411 g/mol. The maximum Gasteiger partial charge on any atom is 0.201 e. The van der Waals surface area contributed by atoms with E-state index in [1.54, 1.807) is 0 Å². The van der Waals surface area contributed by atoms with Crippen LogP contribution in [0.3, 0.4) is 0 Å². The summed E-state index contributed by atoms with van der Waals surface area (Å²) in [4.78, 5) is 2.48. The molecule has 0 saturated carbocycles. The summed E-state index contributed by atoms with van der Waals surface area (Å²) in [5, 5.41) is 4.49. The van der Waals surface area contributed by atoms with Crippen molar-refractivity contribution in [1.82, 2.24) is 19.4 Å². The predicted molar refractivity (Wildman–Crippen MR) is 114 cm³/mol. The molecule has 1 aliphatic rings. The van der Waals surface area contributed by atoms with Crippen LogP contribution < -0.4 is 4.72 Å². The van der Waals surface area contributed by atoms with E-state index in [4.69, 9.17) is 0 Å². The summed E-state index contributed by atoms with van der Waals surface area (Å²) in [6, 6.07) is 18.4. The van der Waals surface area contributed by atoms with Gasteiger partial charge in [-0.25, -0.2) is 17.8 Å². The molecule has 0 atom stereocenters. The van der Waals surface area contributed by atoms with E-state index in [9.17, 15) is 8.42 Å². The van der Waals surface area contributed by atoms with Crippen molar-refractivity contribution in [2.45, 2.75) is 31.8 Å². The van der Waals surface area contributed by atoms with E-state index in [-0.39, 0.29) is 0 Å². The first kappa shape index (κ1) is 19.8. The summed E-state index contributed by atoms with van der Waals surface area (Å²) in [7, 11) is -2.56. The molecule has 152 valence electrons. The molecule has 1 fully saturated rings. The third-order valence-corrected chi connectivity index (χ3v) is 5.90. The standard InChI is InChI=1S/C22H26N4O2S/c27-29(28)24-15-18-5-4-6-21(13-18)20-9-11-25(12-10-20)16-19-14-23-26(17-19)22-7-2-1-3-8-22/h1-8,13-14,17,20,29H,9-12,15-16H2,(H,24,27,28). The minimum absolute atomic E-state index is 0.358. The van der Waals surface area contributed by atoms with Crippen molar-refractivity contribution in [2.24, 2.45) is 0 Å². The molecule has 29 heavy (non-hydrogen) atoms. The average Bonchev–Trinajstić information content (AvgIpc) is 3.22. The number of aromatic nitrogens is 2. The van der Waals surface area contributed by atoms with Crippen LogP contribution in [0.15, 0.2) is 67.0 Å². The molecule has 6 nitrogen and oxygen atoms in total. The second kappa shape index (κ2) is 9.35. The number of hydrogen-bond donors (Lipinski definition) is 2. The van der Waals surface area contributed by atoms with Gasteiger partial charge in [0.15, 0.2) is 0 Å². The van der Waals surface area contributed by atoms with E-state index < -0.39 is 10.9 Å². The van der Waals surface area contributed by atoms with E-state index in [0.29, 0.717) is 12.5 Å². The molecule has 7 heteroatoms. The van der Waals surface area contributed by atoms with Crippen molar-refractivity contribution in [3.8, 4) is 5.69 Å². The molecule has 1 aliphatic heterocycles. The minimum Gasteiger partial charge on any atom is -0.299 e. The lowest BCUT2D eigenvalue weighted by Gasteiger charge is -2.32. The lowest BCUT2D eigenvalue weighted by molar-refractivity contribution is 0.204. The Morgan fingerprint density at radius 2 is 1.79 bits per heavy atom. The number of thiol groups is 1. The van der Waals surface area contributed by atoms with Crippen LogP contribution in [0.2, 0.25) is 0 Å². The fourth-order valence-corrected chi connectivity index (χ4v) is 4.27. The highest BCUT2D eigenvalue weighted by Gasteiger charge is 2.21. The van der Waals surface area contributed by atoms with Crippen LogP contribution in [0.5, 0.6) is 0 Å². The Hall–Kier alpha value is -2.48. The van der Waals surface area contributed by atoms with Gasteiger partial charge in [0.25, 0.3) is 0 Å². The fraction of sp³-hybridized carbons (Fsp3) is 0.318. The molecule has 1 N–H and O–H groups in total. The van der Waals surface area contributed by atoms with Crippen molar-refractivity contribution in [1.29, 1.82) is 0 Å². The molecule has 4 rings (SSSR count). The first-order valence-corrected chi connectivity index (χ1v) is 11.1. The highest BCUT2D eigenvalue weighted by Crippen LogP contribution is 2.29. The molecule has 1 aromatic heterocycles. The van der Waals surface area contributed by atoms with Crippen molar-refractivity contribution < 1.29 is 8.42 Å². The molecule has 0 spiro atoms. The Kier molecular flexibility index (Phi) is 6.39. The Morgan fingerprint density at radius 1 is 1.00 bits per heavy atom. The highest BCUT2D eigenvalue weighted by atomic mass is 32.2. The zero-order valence-electron chi connectivity index (χ0n) is 16.3. The Balaban J connectivity index is 1.32. The largest absolute Gasteiger partial charge is 0.299 e. The van der Waals surface area contributed by atoms with E-state index >= 15 is 0 Å². The normalized spacial score (nSPS) is 15.8. The maximum absolute atomic E-state index is 10.7. The zero-order chi connectivity index (χ0) is 20.1. The molecular formula is C22H26N4O2S. The van der Waals surface area contributed by atoms with Gasteiger partial charge in [-0.1, -0.05) is 42.5 Å². The van der Waals surface area contributed by atoms with Crippen LogP contribution in [-0.4, -0.2) is 36.2 Å². The van der Waals surface area contributed by atoms with Crippen molar-refractivity contribution in [3.05, 3.63) is 83.7 Å². The minimum atomic E-state index is -2.56. The summed E-state index contributed by atoms with van der Waals surface area (Å²) in [5.41, 5.74) is 4.62. The Bertz CT molecular complexity index is 1000. The molecule has 0 aliphatic carbocycles. The van der Waals surface area contributed by atoms with Gasteiger partial charge in [-0.05, 0) is 55.1 Å². The van der Waals surface area contributed by atoms with E-state index in [1.165, 1.54) is 11.1 Å². The Labute approximate surface area is 173 Å². The fourth-order valence-electron chi connectivity index (χ4n) is 3.96. The number of hydrogen-bond acceptors (Lipinski definition) is 4. The van der Waals surface area contributed by atoms with Gasteiger partial charge in [-0.3, -0.25) is 4.90 Å². The molecule has 3 aromatic rings. The molecule has 0 bridgehead atoms. The number of rotatable bonds is 7. The highest BCUT2D eigenvalue weighted by molar-refractivity contribution is 7.70. The molecule has 1 saturated heterocycles. The molecule has 2 aromatic carbocycles. The van der Waals surface area contributed by atoms with Gasteiger partial charge in [-0.2, -0.15) is 5.10 Å². The van der Waals surface area contributed by atoms with Gasteiger partial charge < -0.3 is 0 Å². The second-order valence-corrected chi connectivity index (χ2v) is 8.35. The van der Waals surface area contributed by atoms with Crippen molar-refractivity contribution >= 4 is 10.9 Å². The SMILES string of the molecule is O=[SH](=O)NCc1cccc(C2CCN(Cc3cnn(-c4ccccc4)c3)CC2)c1. The smallest absolute Gasteiger partial charge is 0.201 e. The van der Waals surface area contributed by atoms with Crippen LogP contribution >= 0.6 is 0 Å². The quantitative estimate of drug-likeness (QED) is 0.588. The van der Waals surface area contributed by atoms with Gasteiger partial charge in [0.05, 0.1) is 11.9 Å². The summed E-state index contributed by atoms with van der Waals surface area (Å²) in [6.07, 6.45) is 6.29. The Morgan fingerprint density at radius 3 is 2.55 bits per heavy atom. The van der Waals surface area contributed by atoms with Gasteiger partial charge in [-0.15, -0.1) is 0 Å². The van der Waals surface area contributed by atoms with E-state index in [0.717, 1.165) is 43.7 Å². The first-order valence-electron chi connectivity index (χ1n) is 9.95. The van der Waals surface area contributed by atoms with Gasteiger partial charge in [0.1, 0.15) is 0 Å². The van der Waals surface area contributed by atoms with Gasteiger partial charge in [0, 0.05) is 24.8 Å². The number of para-hydroxylation sites is 1. The number of piperidine rings is 1. The number of nitrogens with one attached hydrogen (secondary N) is 1. The van der Waals surface area contributed by atoms with Crippen LogP contribution in [0, 0.1) is 0 Å². The second-order valence-electron chi connectivity index (χ2n) is 7.52. The predicted octanol–water partition coefficient (Wildman–Crippen LogP) is 2.87. The first-order chi connectivity index (χ1) is 14.2. The number of benzene rings is 2. The van der Waals surface area contributed by atoms with Gasteiger partial charge >= 0.3 is 0 Å². The maximum atomic E-state index is 10.7. The summed E-state index contributed by atoms with van der Waals surface area (Å²) in [6.45, 7) is 3.38. The molecule has 2 heterocycles. The van der Waals surface area contributed by atoms with Crippen LogP contribution in [0.25, 0.3) is 5.69 Å². The van der Waals surface area contributed by atoms with Crippen LogP contribution in [0.4, 0.5) is 0 Å². The lowest BCUT2D eigenvalue weighted by Crippen LogP contribution is -2.32. The molecule has 0 radical (unpaired) electrons. The monoisotopic (exact) mass is 410 g/mol. The number of nitrogens with zero attached hydrogens (tertiary/aromatic N) is 3. The molecule has 0 unspecified atom stereocenters. The molecule has 0 amide bonds. The van der Waals surface area contributed by atoms with Gasteiger partial charge in [0.2, 0.25) is 10.9 Å². The van der Waals surface area contributed by atoms with Crippen LogP contribution in [0.1, 0.15) is 35.4 Å². The third kappa shape index (κ3) is 5.32. The molecular weight excluding hydrogens is 384 g/mol. The van der Waals surface area contributed by atoms with Crippen LogP contribution in [-0.2, 0) is 24.0 Å². The summed E-state index contributed by atoms with van der Waals surface area (Å²) < 4.78 is 25.9. The topological polar surface area (TPSA) is 67.2 Å². The van der Waals surface area contributed by atoms with E-state index in [2.05, 4.69) is 45.2 Å². The lowest BCUT2D eigenvalue weighted by atomic mass is 9.88. The van der Waals surface area contributed by atoms with Crippen molar-refractivity contribution in [2.75, 3.05) is 13.1 Å². The number of likely N-dealkylation sites (tertiary alicyclic amines) is 1.